The molecule has 0 amide bonds. The Kier molecular flexibility index (Phi) is 3.99. The van der Waals surface area contributed by atoms with E-state index in [-0.39, 0.29) is 11.2 Å². The van der Waals surface area contributed by atoms with Crippen molar-refractivity contribution in [1.29, 1.82) is 0 Å². The Morgan fingerprint density at radius 1 is 0.667 bits per heavy atom. The zero-order valence-electron chi connectivity index (χ0n) is 13.0. The van der Waals surface area contributed by atoms with Crippen molar-refractivity contribution in [2.24, 2.45) is 0 Å². The minimum atomic E-state index is -0.195. The smallest absolute Gasteiger partial charge is 0.126 e. The first kappa shape index (κ1) is 14.9. The topological polar surface area (TPSA) is 18.5 Å². The van der Waals surface area contributed by atoms with Crippen LogP contribution in [0.15, 0.2) is 12.1 Å². The van der Waals surface area contributed by atoms with Gasteiger partial charge in [-0.2, -0.15) is 0 Å². The predicted molar refractivity (Wildman–Crippen MR) is 76.7 cm³/mol. The van der Waals surface area contributed by atoms with E-state index >= 15 is 0 Å². The van der Waals surface area contributed by atoms with Crippen LogP contribution in [-0.4, -0.2) is 11.2 Å². The molecule has 0 aliphatic heterocycles. The zero-order chi connectivity index (χ0) is 14.1. The summed E-state index contributed by atoms with van der Waals surface area (Å²) in [6, 6.07) is 4.11. The number of hydrogen-bond acceptors (Lipinski definition) is 2. The largest absolute Gasteiger partial charge is 0.488 e. The molecule has 0 unspecified atom stereocenters. The van der Waals surface area contributed by atoms with E-state index in [0.29, 0.717) is 0 Å². The van der Waals surface area contributed by atoms with Gasteiger partial charge in [0.1, 0.15) is 22.7 Å². The Morgan fingerprint density at radius 3 is 1.28 bits per heavy atom. The molecule has 0 saturated carbocycles. The summed E-state index contributed by atoms with van der Waals surface area (Å²) in [5.41, 5.74) is 1.89. The van der Waals surface area contributed by atoms with Gasteiger partial charge in [-0.3, -0.25) is 0 Å². The van der Waals surface area contributed by atoms with Crippen molar-refractivity contribution in [3.05, 3.63) is 23.3 Å². The van der Waals surface area contributed by atoms with Crippen molar-refractivity contribution in [3.63, 3.8) is 0 Å². The third-order valence-corrected chi connectivity index (χ3v) is 2.30. The Balaban J connectivity index is 3.10. The first-order chi connectivity index (χ1) is 7.98. The van der Waals surface area contributed by atoms with Crippen molar-refractivity contribution in [1.82, 2.24) is 0 Å². The van der Waals surface area contributed by atoms with Crippen LogP contribution in [0.1, 0.15) is 52.7 Å². The lowest BCUT2D eigenvalue weighted by molar-refractivity contribution is 0.120. The lowest BCUT2D eigenvalue weighted by atomic mass is 10.1. The van der Waals surface area contributed by atoms with Crippen molar-refractivity contribution >= 4 is 0 Å². The van der Waals surface area contributed by atoms with E-state index in [4.69, 9.17) is 9.47 Å². The molecule has 102 valence electrons. The minimum absolute atomic E-state index is 0.195. The van der Waals surface area contributed by atoms with Crippen molar-refractivity contribution in [2.75, 3.05) is 0 Å². The molecule has 0 radical (unpaired) electrons. The fourth-order valence-corrected chi connectivity index (χ4v) is 1.69. The van der Waals surface area contributed by atoms with E-state index in [1.807, 2.05) is 6.07 Å². The molecule has 0 fully saturated rings. The Labute approximate surface area is 111 Å². The maximum Gasteiger partial charge on any atom is 0.126 e. The van der Waals surface area contributed by atoms with Crippen LogP contribution in [0, 0.1) is 13.8 Å². The number of benzene rings is 1. The summed E-state index contributed by atoms with van der Waals surface area (Å²) in [6.45, 7) is 16.4. The van der Waals surface area contributed by atoms with Crippen molar-refractivity contribution in [2.45, 2.75) is 66.6 Å². The Hall–Kier alpha value is -1.18. The maximum atomic E-state index is 5.96. The molecular formula is C16H26O2. The highest BCUT2D eigenvalue weighted by Gasteiger charge is 2.18. The molecule has 2 heteroatoms. The van der Waals surface area contributed by atoms with E-state index in [2.05, 4.69) is 61.5 Å². The van der Waals surface area contributed by atoms with E-state index in [1.165, 1.54) is 0 Å². The van der Waals surface area contributed by atoms with Crippen LogP contribution >= 0.6 is 0 Å². The van der Waals surface area contributed by atoms with Crippen LogP contribution in [0.2, 0.25) is 0 Å². The number of aryl methyl sites for hydroxylation is 2. The summed E-state index contributed by atoms with van der Waals surface area (Å²) in [4.78, 5) is 0. The van der Waals surface area contributed by atoms with E-state index < -0.39 is 0 Å². The molecular weight excluding hydrogens is 224 g/mol. The number of ether oxygens (including phenoxy) is 2. The molecule has 0 N–H and O–H groups in total. The van der Waals surface area contributed by atoms with Crippen LogP contribution in [0.25, 0.3) is 0 Å². The van der Waals surface area contributed by atoms with Crippen LogP contribution in [0.5, 0.6) is 11.5 Å². The van der Waals surface area contributed by atoms with Crippen LogP contribution in [-0.2, 0) is 0 Å². The van der Waals surface area contributed by atoms with Crippen LogP contribution < -0.4 is 9.47 Å². The van der Waals surface area contributed by atoms with Gasteiger partial charge in [0, 0.05) is 6.07 Å². The van der Waals surface area contributed by atoms with Gasteiger partial charge >= 0.3 is 0 Å². The van der Waals surface area contributed by atoms with Gasteiger partial charge in [-0.1, -0.05) is 0 Å². The van der Waals surface area contributed by atoms with Gasteiger partial charge in [0.05, 0.1) is 0 Å². The standard InChI is InChI=1S/C16H26O2/c1-11-9-12(2)14(18-16(6,7)8)10-13(11)17-15(3,4)5/h9-10H,1-8H3. The monoisotopic (exact) mass is 250 g/mol. The first-order valence-electron chi connectivity index (χ1n) is 6.47. The molecule has 2 nitrogen and oxygen atoms in total. The van der Waals surface area contributed by atoms with E-state index in [9.17, 15) is 0 Å². The highest BCUT2D eigenvalue weighted by molar-refractivity contribution is 5.45. The summed E-state index contributed by atoms with van der Waals surface area (Å²) >= 11 is 0. The second-order valence-corrected chi connectivity index (χ2v) is 6.81. The van der Waals surface area contributed by atoms with Gasteiger partial charge in [-0.05, 0) is 72.6 Å². The molecule has 0 atom stereocenters. The van der Waals surface area contributed by atoms with Gasteiger partial charge in [0.2, 0.25) is 0 Å². The van der Waals surface area contributed by atoms with Gasteiger partial charge < -0.3 is 9.47 Å². The average molecular weight is 250 g/mol. The first-order valence-corrected chi connectivity index (χ1v) is 6.47. The molecule has 1 aromatic rings. The number of rotatable bonds is 2. The van der Waals surface area contributed by atoms with Crippen LogP contribution in [0.4, 0.5) is 0 Å². The second kappa shape index (κ2) is 4.83. The summed E-state index contributed by atoms with van der Waals surface area (Å²) in [7, 11) is 0. The fourth-order valence-electron chi connectivity index (χ4n) is 1.69. The summed E-state index contributed by atoms with van der Waals surface area (Å²) in [5, 5.41) is 0. The minimum Gasteiger partial charge on any atom is -0.488 e. The molecule has 0 spiro atoms. The summed E-state index contributed by atoms with van der Waals surface area (Å²) < 4.78 is 11.9. The molecule has 0 heterocycles. The van der Waals surface area contributed by atoms with Crippen LogP contribution in [0.3, 0.4) is 0 Å². The molecule has 0 aromatic heterocycles. The summed E-state index contributed by atoms with van der Waals surface area (Å²) in [5.74, 6) is 1.79. The van der Waals surface area contributed by atoms with Gasteiger partial charge in [0.15, 0.2) is 0 Å². The third kappa shape index (κ3) is 4.59. The average Bonchev–Trinajstić information content (AvgIpc) is 2.08. The molecule has 18 heavy (non-hydrogen) atoms. The lowest BCUT2D eigenvalue weighted by Crippen LogP contribution is -2.25. The SMILES string of the molecule is Cc1cc(C)c(OC(C)(C)C)cc1OC(C)(C)C. The summed E-state index contributed by atoms with van der Waals surface area (Å²) in [6.07, 6.45) is 0. The highest BCUT2D eigenvalue weighted by atomic mass is 16.5. The van der Waals surface area contributed by atoms with E-state index in [0.717, 1.165) is 22.6 Å². The molecule has 0 aliphatic carbocycles. The van der Waals surface area contributed by atoms with Gasteiger partial charge in [-0.15, -0.1) is 0 Å². The second-order valence-electron chi connectivity index (χ2n) is 6.81. The molecule has 1 aromatic carbocycles. The quantitative estimate of drug-likeness (QED) is 0.760. The molecule has 0 aliphatic rings. The van der Waals surface area contributed by atoms with Gasteiger partial charge in [-0.25, -0.2) is 0 Å². The molecule has 0 bridgehead atoms. The van der Waals surface area contributed by atoms with Crippen molar-refractivity contribution in [3.8, 4) is 11.5 Å². The Morgan fingerprint density at radius 2 is 1.00 bits per heavy atom. The number of hydrogen-bond donors (Lipinski definition) is 0. The highest BCUT2D eigenvalue weighted by Crippen LogP contribution is 2.32. The lowest BCUT2D eigenvalue weighted by Gasteiger charge is -2.26. The fraction of sp³-hybridized carbons (Fsp3) is 0.625. The molecule has 1 rings (SSSR count). The third-order valence-electron chi connectivity index (χ3n) is 2.30. The molecule has 0 saturated heterocycles. The maximum absolute atomic E-state index is 5.96. The van der Waals surface area contributed by atoms with E-state index in [1.54, 1.807) is 0 Å². The normalized spacial score (nSPS) is 12.4. The van der Waals surface area contributed by atoms with Crippen molar-refractivity contribution < 1.29 is 9.47 Å². The van der Waals surface area contributed by atoms with Gasteiger partial charge in [0.25, 0.3) is 0 Å². The predicted octanol–water partition coefficient (Wildman–Crippen LogP) is 4.66. The zero-order valence-corrected chi connectivity index (χ0v) is 13.0. The Bertz CT molecular complexity index is 383.